The number of fused-ring (bicyclic) bond motifs is 3. The third-order valence-corrected chi connectivity index (χ3v) is 8.83. The van der Waals surface area contributed by atoms with Crippen molar-refractivity contribution >= 4 is 5.91 Å². The van der Waals surface area contributed by atoms with Crippen molar-refractivity contribution < 1.29 is 18.0 Å². The second-order valence-corrected chi connectivity index (χ2v) is 10.6. The second-order valence-electron chi connectivity index (χ2n) is 10.6. The van der Waals surface area contributed by atoms with Crippen LogP contribution in [0, 0.1) is 11.3 Å². The first-order valence-corrected chi connectivity index (χ1v) is 12.5. The van der Waals surface area contributed by atoms with Gasteiger partial charge in [0.1, 0.15) is 0 Å². The smallest absolute Gasteiger partial charge is 0.337 e. The molecule has 186 valence electrons. The lowest BCUT2D eigenvalue weighted by atomic mass is 9.78. The minimum atomic E-state index is -4.44. The molecular formula is C26H29F3N4O2. The number of hydrogen-bond acceptors (Lipinski definition) is 4. The van der Waals surface area contributed by atoms with Gasteiger partial charge in [0.25, 0.3) is 5.56 Å². The largest absolute Gasteiger partial charge is 0.417 e. The van der Waals surface area contributed by atoms with Crippen LogP contribution in [-0.4, -0.2) is 44.4 Å². The Balaban J connectivity index is 1.21. The molecule has 2 aromatic heterocycles. The van der Waals surface area contributed by atoms with Crippen molar-refractivity contribution in [3.8, 4) is 0 Å². The van der Waals surface area contributed by atoms with Gasteiger partial charge in [-0.25, -0.2) is 0 Å². The molecule has 0 unspecified atom stereocenters. The number of carbonyl (C=O) groups excluding carboxylic acids is 1. The van der Waals surface area contributed by atoms with Crippen LogP contribution in [0.2, 0.25) is 0 Å². The molecule has 4 aliphatic rings. The maximum Gasteiger partial charge on any atom is 0.417 e. The summed E-state index contributed by atoms with van der Waals surface area (Å²) in [7, 11) is 0. The van der Waals surface area contributed by atoms with Crippen molar-refractivity contribution in [3.05, 3.63) is 63.3 Å². The minimum Gasteiger partial charge on any atom is -0.337 e. The van der Waals surface area contributed by atoms with Gasteiger partial charge in [0.05, 0.1) is 11.0 Å². The Morgan fingerprint density at radius 1 is 1.14 bits per heavy atom. The van der Waals surface area contributed by atoms with Gasteiger partial charge in [-0.1, -0.05) is 12.5 Å². The van der Waals surface area contributed by atoms with Gasteiger partial charge in [-0.05, 0) is 49.3 Å². The summed E-state index contributed by atoms with van der Waals surface area (Å²) in [5.74, 6) is 0.417. The molecular weight excluding hydrogens is 457 g/mol. The zero-order chi connectivity index (χ0) is 24.4. The van der Waals surface area contributed by atoms with Gasteiger partial charge in [0.2, 0.25) is 5.91 Å². The minimum absolute atomic E-state index is 0.0330. The summed E-state index contributed by atoms with van der Waals surface area (Å²) >= 11 is 0. The Morgan fingerprint density at radius 2 is 2.00 bits per heavy atom. The molecule has 9 heteroatoms. The van der Waals surface area contributed by atoms with Crippen molar-refractivity contribution in [3.63, 3.8) is 0 Å². The number of alkyl halides is 3. The number of rotatable bonds is 2. The Bertz CT molecular complexity index is 1230. The molecule has 6 nitrogen and oxygen atoms in total. The van der Waals surface area contributed by atoms with Gasteiger partial charge < -0.3 is 9.47 Å². The van der Waals surface area contributed by atoms with Crippen LogP contribution in [0.3, 0.4) is 0 Å². The monoisotopic (exact) mass is 486 g/mol. The average Bonchev–Trinajstić information content (AvgIpc) is 3.41. The highest BCUT2D eigenvalue weighted by Gasteiger charge is 2.57. The van der Waals surface area contributed by atoms with E-state index >= 15 is 0 Å². The van der Waals surface area contributed by atoms with Crippen LogP contribution in [0.1, 0.15) is 54.6 Å². The summed E-state index contributed by atoms with van der Waals surface area (Å²) in [4.78, 5) is 34.4. The van der Waals surface area contributed by atoms with Crippen molar-refractivity contribution in [1.82, 2.24) is 19.4 Å². The first kappa shape index (κ1) is 22.8. The van der Waals surface area contributed by atoms with E-state index < -0.39 is 17.2 Å². The normalized spacial score (nSPS) is 28.5. The Hall–Kier alpha value is -2.68. The molecule has 2 saturated carbocycles. The molecule has 0 aromatic carbocycles. The van der Waals surface area contributed by atoms with Crippen LogP contribution >= 0.6 is 0 Å². The fourth-order valence-electron chi connectivity index (χ4n) is 7.09. The number of nitrogens with zero attached hydrogens (tertiary/aromatic N) is 4. The van der Waals surface area contributed by atoms with E-state index in [0.717, 1.165) is 56.6 Å². The molecule has 3 atom stereocenters. The van der Waals surface area contributed by atoms with E-state index in [1.54, 1.807) is 17.0 Å². The van der Waals surface area contributed by atoms with Gasteiger partial charge in [-0.3, -0.25) is 19.5 Å². The lowest BCUT2D eigenvalue weighted by Crippen LogP contribution is -2.47. The van der Waals surface area contributed by atoms with Crippen LogP contribution in [0.25, 0.3) is 0 Å². The number of halogens is 3. The summed E-state index contributed by atoms with van der Waals surface area (Å²) in [6.07, 6.45) is 1.59. The van der Waals surface area contributed by atoms with Gasteiger partial charge >= 0.3 is 6.18 Å². The molecule has 0 N–H and O–H groups in total. The van der Waals surface area contributed by atoms with E-state index in [4.69, 9.17) is 0 Å². The molecule has 4 heterocycles. The van der Waals surface area contributed by atoms with Crippen molar-refractivity contribution in [2.45, 2.75) is 70.4 Å². The van der Waals surface area contributed by atoms with Gasteiger partial charge in [-0.15, -0.1) is 0 Å². The van der Waals surface area contributed by atoms with Crippen LogP contribution in [0.15, 0.2) is 35.3 Å². The predicted molar refractivity (Wildman–Crippen MR) is 122 cm³/mol. The molecule has 2 aliphatic heterocycles. The molecule has 0 radical (unpaired) electrons. The zero-order valence-electron chi connectivity index (χ0n) is 19.6. The summed E-state index contributed by atoms with van der Waals surface area (Å²) in [5, 5.41) is 0. The Morgan fingerprint density at radius 3 is 2.83 bits per heavy atom. The zero-order valence-corrected chi connectivity index (χ0v) is 19.6. The van der Waals surface area contributed by atoms with Crippen molar-refractivity contribution in [2.75, 3.05) is 13.1 Å². The van der Waals surface area contributed by atoms with E-state index in [9.17, 15) is 22.8 Å². The first-order valence-electron chi connectivity index (χ1n) is 12.5. The molecule has 0 saturated heterocycles. The summed E-state index contributed by atoms with van der Waals surface area (Å²) in [5.41, 5.74) is 1.04. The predicted octanol–water partition coefficient (Wildman–Crippen LogP) is 3.61. The molecule has 0 spiro atoms. The third kappa shape index (κ3) is 3.79. The van der Waals surface area contributed by atoms with E-state index in [2.05, 4.69) is 9.88 Å². The highest BCUT2D eigenvalue weighted by Crippen LogP contribution is 2.56. The van der Waals surface area contributed by atoms with Gasteiger partial charge in [0, 0.05) is 68.8 Å². The Kier molecular flexibility index (Phi) is 5.32. The maximum atomic E-state index is 14.0. The van der Waals surface area contributed by atoms with Crippen LogP contribution in [-0.2, 0) is 37.0 Å². The summed E-state index contributed by atoms with van der Waals surface area (Å²) < 4.78 is 41.5. The van der Waals surface area contributed by atoms with Crippen molar-refractivity contribution in [2.24, 2.45) is 11.3 Å². The molecule has 2 fully saturated rings. The number of amides is 1. The maximum absolute atomic E-state index is 14.0. The molecule has 6 rings (SSSR count). The average molecular weight is 487 g/mol. The molecule has 35 heavy (non-hydrogen) atoms. The van der Waals surface area contributed by atoms with Crippen LogP contribution < -0.4 is 5.56 Å². The first-order chi connectivity index (χ1) is 16.7. The van der Waals surface area contributed by atoms with E-state index in [1.165, 1.54) is 0 Å². The van der Waals surface area contributed by atoms with Crippen molar-refractivity contribution in [1.29, 1.82) is 0 Å². The van der Waals surface area contributed by atoms with Gasteiger partial charge in [-0.2, -0.15) is 13.2 Å². The number of hydrogen-bond donors (Lipinski definition) is 0. The highest BCUT2D eigenvalue weighted by atomic mass is 19.4. The number of pyridine rings is 2. The molecule has 2 aliphatic carbocycles. The standard InChI is InChI=1S/C26H29F3N4O2/c27-26(28,29)19-11-17-15-32(8-6-22(17)30-14-19)24(35)25-7-2-3-18(25)12-21(13-25)31-9-10-33-20(16-31)4-1-5-23(33)34/h1,4-5,11,14,18,21H,2-3,6-10,12-13,15-16H2/t18-,21-,25-/m1/s1. The van der Waals surface area contributed by atoms with Gasteiger partial charge in [0.15, 0.2) is 0 Å². The molecule has 1 amide bonds. The third-order valence-electron chi connectivity index (χ3n) is 8.83. The number of aromatic nitrogens is 2. The number of carbonyl (C=O) groups is 1. The highest BCUT2D eigenvalue weighted by molar-refractivity contribution is 5.84. The summed E-state index contributed by atoms with van der Waals surface area (Å²) in [6.45, 7) is 2.87. The fraction of sp³-hybridized carbons (Fsp3) is 0.577. The Labute approximate surface area is 201 Å². The van der Waals surface area contributed by atoms with E-state index in [1.807, 2.05) is 10.6 Å². The van der Waals surface area contributed by atoms with E-state index in [0.29, 0.717) is 43.2 Å². The quantitative estimate of drug-likeness (QED) is 0.651. The van der Waals surface area contributed by atoms with Crippen LogP contribution in [0.5, 0.6) is 0 Å². The lowest BCUT2D eigenvalue weighted by molar-refractivity contribution is -0.144. The summed E-state index contributed by atoms with van der Waals surface area (Å²) in [6, 6.07) is 6.84. The lowest BCUT2D eigenvalue weighted by Gasteiger charge is -2.38. The fourth-order valence-corrected chi connectivity index (χ4v) is 7.09. The SMILES string of the molecule is O=C(N1CCc2ncc(C(F)(F)F)cc2C1)[C@@]12CCC[C@@H]1C[C@@H](N1CCn3c(cccc3=O)C1)C2. The molecule has 0 bridgehead atoms. The molecule has 2 aromatic rings. The van der Waals surface area contributed by atoms with Crippen LogP contribution in [0.4, 0.5) is 13.2 Å². The van der Waals surface area contributed by atoms with E-state index in [-0.39, 0.29) is 24.1 Å². The second kappa shape index (κ2) is 8.18. The topological polar surface area (TPSA) is 58.4 Å².